The van der Waals surface area contributed by atoms with Crippen LogP contribution in [0.4, 0.5) is 5.13 Å². The van der Waals surface area contributed by atoms with Crippen LogP contribution >= 0.6 is 11.3 Å². The number of ether oxygens (including phenoxy) is 1. The lowest BCUT2D eigenvalue weighted by Crippen LogP contribution is -2.34. The van der Waals surface area contributed by atoms with Crippen LogP contribution in [0.25, 0.3) is 10.2 Å². The van der Waals surface area contributed by atoms with Crippen LogP contribution in [0.2, 0.25) is 0 Å². The molecule has 4 aromatic rings. The van der Waals surface area contributed by atoms with Crippen molar-refractivity contribution in [3.8, 4) is 5.75 Å². The van der Waals surface area contributed by atoms with E-state index < -0.39 is 0 Å². The van der Waals surface area contributed by atoms with E-state index in [9.17, 15) is 4.79 Å². The van der Waals surface area contributed by atoms with Gasteiger partial charge in [-0.2, -0.15) is 5.10 Å². The Morgan fingerprint density at radius 1 is 1.19 bits per heavy atom. The number of unbranched alkanes of at least 4 members (excludes halogenated alkanes) is 1. The molecule has 4 rings (SSSR count). The maximum absolute atomic E-state index is 13.5. The van der Waals surface area contributed by atoms with E-state index in [2.05, 4.69) is 38.0 Å². The summed E-state index contributed by atoms with van der Waals surface area (Å²) in [5.41, 5.74) is 3.88. The van der Waals surface area contributed by atoms with Crippen molar-refractivity contribution in [1.29, 1.82) is 0 Å². The summed E-state index contributed by atoms with van der Waals surface area (Å²) < 4.78 is 8.66. The number of nitrogens with zero attached hydrogens (tertiary/aromatic N) is 4. The van der Waals surface area contributed by atoms with E-state index in [1.54, 1.807) is 22.4 Å². The van der Waals surface area contributed by atoms with Gasteiger partial charge in [-0.05, 0) is 67.8 Å². The lowest BCUT2D eigenvalue weighted by atomic mass is 10.1. The van der Waals surface area contributed by atoms with Crippen molar-refractivity contribution in [3.05, 3.63) is 71.5 Å². The zero-order valence-electron chi connectivity index (χ0n) is 18.7. The topological polar surface area (TPSA) is 60.2 Å². The van der Waals surface area contributed by atoms with E-state index in [1.807, 2.05) is 41.2 Å². The zero-order chi connectivity index (χ0) is 22.5. The third-order valence-corrected chi connectivity index (χ3v) is 6.30. The molecule has 6 nitrogen and oxygen atoms in total. The van der Waals surface area contributed by atoms with E-state index >= 15 is 0 Å². The molecule has 0 saturated heterocycles. The fraction of sp³-hybridized carbons (Fsp3) is 0.320. The number of aromatic nitrogens is 3. The summed E-state index contributed by atoms with van der Waals surface area (Å²) in [7, 11) is 0. The number of fused-ring (bicyclic) bond motifs is 1. The van der Waals surface area contributed by atoms with Gasteiger partial charge < -0.3 is 4.74 Å². The van der Waals surface area contributed by atoms with Gasteiger partial charge in [0.15, 0.2) is 5.13 Å². The molecule has 0 spiro atoms. The van der Waals surface area contributed by atoms with Gasteiger partial charge in [-0.25, -0.2) is 4.98 Å². The molecule has 0 bridgehead atoms. The Balaban J connectivity index is 1.61. The summed E-state index contributed by atoms with van der Waals surface area (Å²) in [5, 5.41) is 4.98. The fourth-order valence-corrected chi connectivity index (χ4v) is 4.74. The molecule has 0 radical (unpaired) electrons. The van der Waals surface area contributed by atoms with Gasteiger partial charge >= 0.3 is 0 Å². The number of aryl methyl sites for hydroxylation is 2. The molecule has 0 aliphatic heterocycles. The smallest absolute Gasteiger partial charge is 0.260 e. The van der Waals surface area contributed by atoms with Crippen molar-refractivity contribution in [3.63, 3.8) is 0 Å². The molecule has 0 aliphatic rings. The van der Waals surface area contributed by atoms with Gasteiger partial charge in [-0.15, -0.1) is 0 Å². The van der Waals surface area contributed by atoms with Crippen molar-refractivity contribution in [2.75, 3.05) is 18.1 Å². The first-order valence-electron chi connectivity index (χ1n) is 10.9. The predicted octanol–water partition coefficient (Wildman–Crippen LogP) is 5.64. The summed E-state index contributed by atoms with van der Waals surface area (Å²) in [6.45, 7) is 8.03. The first kappa shape index (κ1) is 22.0. The van der Waals surface area contributed by atoms with Crippen LogP contribution in [-0.2, 0) is 6.54 Å². The molecule has 0 N–H and O–H groups in total. The molecule has 0 saturated carbocycles. The summed E-state index contributed by atoms with van der Waals surface area (Å²) in [6.07, 6.45) is 5.74. The van der Waals surface area contributed by atoms with Gasteiger partial charge in [-0.1, -0.05) is 30.7 Å². The number of hydrogen-bond donors (Lipinski definition) is 0. The molecule has 2 aromatic heterocycles. The van der Waals surface area contributed by atoms with Gasteiger partial charge in [-0.3, -0.25) is 14.4 Å². The minimum Gasteiger partial charge on any atom is -0.494 e. The molecular formula is C25H28N4O2S. The molecule has 2 aromatic carbocycles. The minimum atomic E-state index is -0.0781. The molecule has 0 atom stereocenters. The first-order valence-corrected chi connectivity index (χ1v) is 11.8. The molecule has 166 valence electrons. The Kier molecular flexibility index (Phi) is 6.85. The predicted molar refractivity (Wildman–Crippen MR) is 130 cm³/mol. The molecule has 1 amide bonds. The quantitative estimate of drug-likeness (QED) is 0.311. The molecule has 7 heteroatoms. The Bertz CT molecular complexity index is 1180. The maximum atomic E-state index is 13.5. The first-order chi connectivity index (χ1) is 15.5. The number of thiazole rings is 1. The number of hydrogen-bond acceptors (Lipinski definition) is 5. The normalized spacial score (nSPS) is 11.1. The van der Waals surface area contributed by atoms with Crippen LogP contribution in [-0.4, -0.2) is 33.8 Å². The second-order valence-electron chi connectivity index (χ2n) is 7.88. The number of carbonyl (C=O) groups is 1. The van der Waals surface area contributed by atoms with Crippen molar-refractivity contribution < 1.29 is 9.53 Å². The van der Waals surface area contributed by atoms with Gasteiger partial charge in [0, 0.05) is 24.5 Å². The second kappa shape index (κ2) is 9.96. The van der Waals surface area contributed by atoms with E-state index in [0.29, 0.717) is 30.4 Å². The van der Waals surface area contributed by atoms with Crippen LogP contribution in [0, 0.1) is 13.8 Å². The lowest BCUT2D eigenvalue weighted by molar-refractivity contribution is 0.0985. The molecule has 0 fully saturated rings. The largest absolute Gasteiger partial charge is 0.494 e. The van der Waals surface area contributed by atoms with Crippen LogP contribution in [0.3, 0.4) is 0 Å². The monoisotopic (exact) mass is 448 g/mol. The zero-order valence-corrected chi connectivity index (χ0v) is 19.6. The highest BCUT2D eigenvalue weighted by molar-refractivity contribution is 7.22. The standard InChI is InChI=1S/C25H28N4O2S/c1-4-5-15-31-21-9-7-20(8-10-21)24(30)29(14-13-28-12-6-11-26-28)25-27-23-19(3)16-18(2)17-22(23)32-25/h6-12,16-17H,4-5,13-15H2,1-3H3. The van der Waals surface area contributed by atoms with Crippen molar-refractivity contribution in [2.24, 2.45) is 0 Å². The van der Waals surface area contributed by atoms with Gasteiger partial charge in [0.25, 0.3) is 5.91 Å². The molecule has 2 heterocycles. The van der Waals surface area contributed by atoms with Crippen LogP contribution in [0.15, 0.2) is 54.9 Å². The van der Waals surface area contributed by atoms with Gasteiger partial charge in [0.05, 0.1) is 23.4 Å². The lowest BCUT2D eigenvalue weighted by Gasteiger charge is -2.20. The van der Waals surface area contributed by atoms with E-state index in [4.69, 9.17) is 9.72 Å². The van der Waals surface area contributed by atoms with Gasteiger partial charge in [0.1, 0.15) is 5.75 Å². The summed E-state index contributed by atoms with van der Waals surface area (Å²) in [4.78, 5) is 20.1. The third kappa shape index (κ3) is 4.99. The highest BCUT2D eigenvalue weighted by atomic mass is 32.1. The highest BCUT2D eigenvalue weighted by Gasteiger charge is 2.22. The summed E-state index contributed by atoms with van der Waals surface area (Å²) in [5.74, 6) is 0.704. The fourth-order valence-electron chi connectivity index (χ4n) is 3.58. The third-order valence-electron chi connectivity index (χ3n) is 5.27. The number of rotatable bonds is 9. The average Bonchev–Trinajstić information content (AvgIpc) is 3.45. The molecule has 32 heavy (non-hydrogen) atoms. The summed E-state index contributed by atoms with van der Waals surface area (Å²) in [6, 6.07) is 13.5. The van der Waals surface area contributed by atoms with Crippen molar-refractivity contribution in [1.82, 2.24) is 14.8 Å². The van der Waals surface area contributed by atoms with E-state index in [-0.39, 0.29) is 5.91 Å². The number of amides is 1. The number of anilines is 1. The molecule has 0 aliphatic carbocycles. The number of carbonyl (C=O) groups excluding carboxylic acids is 1. The summed E-state index contributed by atoms with van der Waals surface area (Å²) >= 11 is 1.55. The van der Waals surface area contributed by atoms with Crippen molar-refractivity contribution in [2.45, 2.75) is 40.2 Å². The average molecular weight is 449 g/mol. The highest BCUT2D eigenvalue weighted by Crippen LogP contribution is 2.32. The second-order valence-corrected chi connectivity index (χ2v) is 8.89. The van der Waals surface area contributed by atoms with Crippen LogP contribution in [0.5, 0.6) is 5.75 Å². The van der Waals surface area contributed by atoms with Crippen LogP contribution < -0.4 is 9.64 Å². The van der Waals surface area contributed by atoms with E-state index in [1.165, 1.54) is 5.56 Å². The number of benzene rings is 2. The Morgan fingerprint density at radius 3 is 2.72 bits per heavy atom. The minimum absolute atomic E-state index is 0.0781. The van der Waals surface area contributed by atoms with Gasteiger partial charge in [0.2, 0.25) is 0 Å². The van der Waals surface area contributed by atoms with Crippen LogP contribution in [0.1, 0.15) is 41.3 Å². The molecular weight excluding hydrogens is 420 g/mol. The Morgan fingerprint density at radius 2 is 2.00 bits per heavy atom. The van der Waals surface area contributed by atoms with E-state index in [0.717, 1.165) is 34.4 Å². The molecule has 0 unspecified atom stereocenters. The maximum Gasteiger partial charge on any atom is 0.260 e. The SMILES string of the molecule is CCCCOc1ccc(C(=O)N(CCn2cccn2)c2nc3c(C)cc(C)cc3s2)cc1. The van der Waals surface area contributed by atoms with Crippen molar-refractivity contribution >= 4 is 32.6 Å². The Hall–Kier alpha value is -3.19. The Labute approximate surface area is 192 Å².